The Morgan fingerprint density at radius 1 is 0.925 bits per heavy atom. The molecule has 0 radical (unpaired) electrons. The zero-order valence-corrected chi connectivity index (χ0v) is 24.7. The number of rotatable bonds is 3. The van der Waals surface area contributed by atoms with E-state index in [0.29, 0.717) is 0 Å². The molecule has 0 amide bonds. The molecular weight excluding hydrogens is 626 g/mol. The first-order chi connectivity index (χ1) is 19.4. The lowest BCUT2D eigenvalue weighted by Crippen LogP contribution is -2.19. The number of allylic oxidation sites excluding steroid dienone is 1. The van der Waals surface area contributed by atoms with Gasteiger partial charge in [0.1, 0.15) is 5.82 Å². The second kappa shape index (κ2) is 8.78. The Morgan fingerprint density at radius 3 is 2.67 bits per heavy atom. The van der Waals surface area contributed by atoms with Crippen LogP contribution in [0.1, 0.15) is 23.7 Å². The van der Waals surface area contributed by atoms with Gasteiger partial charge in [0.25, 0.3) is 0 Å². The van der Waals surface area contributed by atoms with Crippen molar-refractivity contribution in [3.05, 3.63) is 100 Å². The molecule has 3 aromatic heterocycles. The molecule has 0 fully saturated rings. The number of aromatic nitrogens is 4. The van der Waals surface area contributed by atoms with Crippen LogP contribution < -0.4 is 0 Å². The lowest BCUT2D eigenvalue weighted by Gasteiger charge is -2.22. The van der Waals surface area contributed by atoms with Gasteiger partial charge in [-0.1, -0.05) is 68.3 Å². The van der Waals surface area contributed by atoms with Crippen molar-refractivity contribution in [2.75, 3.05) is 0 Å². The largest absolute Gasteiger partial charge is 0.361 e. The van der Waals surface area contributed by atoms with Crippen LogP contribution in [0.3, 0.4) is 0 Å². The number of halogens is 2. The van der Waals surface area contributed by atoms with Gasteiger partial charge >= 0.3 is 0 Å². The minimum absolute atomic E-state index is 0.0421. The van der Waals surface area contributed by atoms with Crippen LogP contribution in [-0.2, 0) is 6.42 Å². The number of benzene rings is 4. The number of nitrogens with zero attached hydrogens (tertiary/aromatic N) is 2. The van der Waals surface area contributed by atoms with E-state index in [1.165, 1.54) is 16.3 Å². The molecule has 0 bridgehead atoms. The van der Waals surface area contributed by atoms with Gasteiger partial charge in [-0.05, 0) is 66.1 Å². The predicted octanol–water partition coefficient (Wildman–Crippen LogP) is 9.58. The number of alkyl halides is 1. The van der Waals surface area contributed by atoms with Crippen LogP contribution in [0.15, 0.2) is 88.6 Å². The summed E-state index contributed by atoms with van der Waals surface area (Å²) in [6, 6.07) is 21.2. The van der Waals surface area contributed by atoms with Crippen molar-refractivity contribution in [2.24, 2.45) is 4.99 Å². The number of hydrogen-bond acceptors (Lipinski definition) is 2. The van der Waals surface area contributed by atoms with Crippen LogP contribution in [0.25, 0.3) is 60.9 Å². The summed E-state index contributed by atoms with van der Waals surface area (Å²) in [6.45, 7) is 2.19. The molecule has 5 nitrogen and oxygen atoms in total. The summed E-state index contributed by atoms with van der Waals surface area (Å²) in [5, 5.41) is 5.72. The molecule has 194 valence electrons. The van der Waals surface area contributed by atoms with Gasteiger partial charge in [0.15, 0.2) is 0 Å². The molecule has 8 rings (SSSR count). The number of imidazole rings is 1. The number of fused-ring (bicyclic) bond motifs is 8. The smallest absolute Gasteiger partial charge is 0.140 e. The minimum Gasteiger partial charge on any atom is -0.361 e. The van der Waals surface area contributed by atoms with E-state index in [1.54, 1.807) is 0 Å². The van der Waals surface area contributed by atoms with Gasteiger partial charge in [-0.25, -0.2) is 4.98 Å². The number of nitrogens with one attached hydrogen (secondary N) is 3. The molecule has 7 heteroatoms. The third-order valence-electron chi connectivity index (χ3n) is 7.88. The Kier molecular flexibility index (Phi) is 5.25. The summed E-state index contributed by atoms with van der Waals surface area (Å²) in [6.07, 6.45) is 11.3. The van der Waals surface area contributed by atoms with Crippen molar-refractivity contribution in [3.63, 3.8) is 0 Å². The highest BCUT2D eigenvalue weighted by Crippen LogP contribution is 2.39. The normalized spacial score (nSPS) is 17.2. The van der Waals surface area contributed by atoms with Gasteiger partial charge in [0, 0.05) is 65.9 Å². The molecule has 4 aromatic carbocycles. The first-order valence-electron chi connectivity index (χ1n) is 13.2. The van der Waals surface area contributed by atoms with E-state index >= 15 is 0 Å². The Bertz CT molecular complexity index is 2190. The molecule has 7 aromatic rings. The minimum atomic E-state index is -0.0421. The van der Waals surface area contributed by atoms with Gasteiger partial charge < -0.3 is 15.0 Å². The van der Waals surface area contributed by atoms with E-state index in [-0.39, 0.29) is 4.32 Å². The monoisotopic (exact) mass is 647 g/mol. The van der Waals surface area contributed by atoms with Crippen LogP contribution in [0.4, 0.5) is 5.69 Å². The highest BCUT2D eigenvalue weighted by Gasteiger charge is 2.25. The van der Waals surface area contributed by atoms with Crippen LogP contribution in [0, 0.1) is 0 Å². The Labute approximate surface area is 246 Å². The van der Waals surface area contributed by atoms with E-state index < -0.39 is 0 Å². The van der Waals surface area contributed by atoms with Gasteiger partial charge in [-0.15, -0.1) is 0 Å². The van der Waals surface area contributed by atoms with Gasteiger partial charge in [-0.2, -0.15) is 0 Å². The van der Waals surface area contributed by atoms with E-state index in [4.69, 9.17) is 9.98 Å². The van der Waals surface area contributed by atoms with E-state index in [2.05, 4.69) is 120 Å². The van der Waals surface area contributed by atoms with Crippen molar-refractivity contribution < 1.29 is 0 Å². The fourth-order valence-corrected chi connectivity index (χ4v) is 6.68. The number of hydrogen-bond donors (Lipinski definition) is 3. The summed E-state index contributed by atoms with van der Waals surface area (Å²) >= 11 is 7.44. The van der Waals surface area contributed by atoms with Crippen LogP contribution >= 0.6 is 31.9 Å². The molecule has 40 heavy (non-hydrogen) atoms. The van der Waals surface area contributed by atoms with Gasteiger partial charge in [0.2, 0.25) is 0 Å². The standard InChI is InChI=1S/C33H23Br2N5/c1-33(35)11-10-29-26(14-33)18(16-37-29)15-36-20-7-8-22-21-4-2-3-5-23(21)30-31(25(22)13-20)40-32(39-30)27-17-38-28-9-6-19(34)12-24(27)28/h2-13,15-17,37-38H,14H2,1H3,(H,39,40). The maximum absolute atomic E-state index is 5.15. The lowest BCUT2D eigenvalue weighted by atomic mass is 9.93. The number of H-pyrrole nitrogens is 3. The topological polar surface area (TPSA) is 72.6 Å². The molecule has 3 heterocycles. The van der Waals surface area contributed by atoms with Crippen molar-refractivity contribution in [3.8, 4) is 11.4 Å². The molecule has 1 aliphatic rings. The van der Waals surface area contributed by atoms with E-state index in [1.807, 2.05) is 24.7 Å². The summed E-state index contributed by atoms with van der Waals surface area (Å²) < 4.78 is 0.996. The summed E-state index contributed by atoms with van der Waals surface area (Å²) in [7, 11) is 0. The Balaban J connectivity index is 1.30. The van der Waals surface area contributed by atoms with Gasteiger partial charge in [-0.3, -0.25) is 4.99 Å². The molecule has 1 atom stereocenters. The molecule has 1 aliphatic carbocycles. The van der Waals surface area contributed by atoms with Crippen LogP contribution in [0.5, 0.6) is 0 Å². The zero-order chi connectivity index (χ0) is 27.0. The lowest BCUT2D eigenvalue weighted by molar-refractivity contribution is 0.791. The number of aliphatic imine (C=N–C) groups is 1. The first kappa shape index (κ1) is 23.9. The predicted molar refractivity (Wildman–Crippen MR) is 174 cm³/mol. The molecule has 0 saturated carbocycles. The summed E-state index contributed by atoms with van der Waals surface area (Å²) in [5.74, 6) is 0.843. The maximum atomic E-state index is 5.15. The quantitative estimate of drug-likeness (QED) is 0.0996. The molecule has 0 spiro atoms. The fraction of sp³-hybridized carbons (Fsp3) is 0.0909. The molecular formula is C33H23Br2N5. The molecule has 3 N–H and O–H groups in total. The maximum Gasteiger partial charge on any atom is 0.140 e. The Morgan fingerprint density at radius 2 is 1.77 bits per heavy atom. The average Bonchev–Trinajstić information content (AvgIpc) is 3.68. The third-order valence-corrected chi connectivity index (χ3v) is 8.91. The Hall–Kier alpha value is -3.94. The average molecular weight is 649 g/mol. The van der Waals surface area contributed by atoms with Crippen molar-refractivity contribution in [2.45, 2.75) is 17.7 Å². The molecule has 0 saturated heterocycles. The summed E-state index contributed by atoms with van der Waals surface area (Å²) in [5.41, 5.74) is 8.55. The van der Waals surface area contributed by atoms with Crippen molar-refractivity contribution in [1.29, 1.82) is 0 Å². The van der Waals surface area contributed by atoms with Crippen molar-refractivity contribution >= 4 is 93.3 Å². The SMILES string of the molecule is CC1(Br)C=Cc2[nH]cc(C=Nc3ccc4c5ccccc5c5nc(-c6c[nH]c7ccc(Br)cc67)[nH]c5c4c3)c2C1. The zero-order valence-electron chi connectivity index (χ0n) is 21.5. The molecule has 0 aliphatic heterocycles. The molecule has 1 unspecified atom stereocenters. The van der Waals surface area contributed by atoms with Gasteiger partial charge in [0.05, 0.1) is 16.7 Å². The second-order valence-corrected chi connectivity index (χ2v) is 13.4. The second-order valence-electron chi connectivity index (χ2n) is 10.7. The van der Waals surface area contributed by atoms with Crippen LogP contribution in [0.2, 0.25) is 0 Å². The van der Waals surface area contributed by atoms with E-state index in [0.717, 1.165) is 71.9 Å². The number of aromatic amines is 3. The highest BCUT2D eigenvalue weighted by molar-refractivity contribution is 9.10. The third kappa shape index (κ3) is 3.79. The van der Waals surface area contributed by atoms with Crippen LogP contribution in [-0.4, -0.2) is 30.5 Å². The van der Waals surface area contributed by atoms with Crippen molar-refractivity contribution in [1.82, 2.24) is 19.9 Å². The summed E-state index contributed by atoms with van der Waals surface area (Å²) in [4.78, 5) is 20.5. The first-order valence-corrected chi connectivity index (χ1v) is 14.8. The van der Waals surface area contributed by atoms with E-state index in [9.17, 15) is 0 Å². The fourth-order valence-electron chi connectivity index (χ4n) is 5.91. The highest BCUT2D eigenvalue weighted by atomic mass is 79.9.